The van der Waals surface area contributed by atoms with Gasteiger partial charge in [-0.2, -0.15) is 0 Å². The number of amides is 2. The van der Waals surface area contributed by atoms with Crippen LogP contribution < -0.4 is 10.6 Å². The maximum absolute atomic E-state index is 12.9. The van der Waals surface area contributed by atoms with Crippen LogP contribution in [0.25, 0.3) is 0 Å². The lowest BCUT2D eigenvalue weighted by Gasteiger charge is -2.09. The quantitative estimate of drug-likeness (QED) is 0.821. The van der Waals surface area contributed by atoms with Gasteiger partial charge in [0.1, 0.15) is 5.82 Å². The highest BCUT2D eigenvalue weighted by Crippen LogP contribution is 2.15. The van der Waals surface area contributed by atoms with Crippen LogP contribution in [-0.2, 0) is 9.59 Å². The molecule has 0 saturated carbocycles. The lowest BCUT2D eigenvalue weighted by Crippen LogP contribution is -2.36. The van der Waals surface area contributed by atoms with Crippen molar-refractivity contribution in [1.82, 2.24) is 5.32 Å². The molecule has 0 heterocycles. The van der Waals surface area contributed by atoms with Gasteiger partial charge in [-0.05, 0) is 43.0 Å². The third kappa shape index (κ3) is 5.07. The average molecular weight is 266 g/mol. The zero-order valence-corrected chi connectivity index (χ0v) is 11.4. The topological polar surface area (TPSA) is 58.2 Å². The van der Waals surface area contributed by atoms with Crippen molar-refractivity contribution in [3.05, 3.63) is 29.6 Å². The van der Waals surface area contributed by atoms with Crippen molar-refractivity contribution in [3.8, 4) is 0 Å². The molecule has 19 heavy (non-hydrogen) atoms. The first-order valence-electron chi connectivity index (χ1n) is 6.25. The fraction of sp³-hybridized carbons (Fsp3) is 0.429. The van der Waals surface area contributed by atoms with Gasteiger partial charge >= 0.3 is 11.8 Å². The number of rotatable bonds is 4. The number of carbonyl (C=O) groups is 2. The molecule has 0 aliphatic carbocycles. The molecule has 104 valence electrons. The molecule has 0 bridgehead atoms. The number of carbonyl (C=O) groups excluding carboxylic acids is 2. The number of aryl methyl sites for hydroxylation is 1. The Morgan fingerprint density at radius 2 is 1.95 bits per heavy atom. The Bertz CT molecular complexity index is 473. The largest absolute Gasteiger partial charge is 0.348 e. The molecule has 1 aromatic rings. The molecule has 4 nitrogen and oxygen atoms in total. The minimum atomic E-state index is -0.738. The van der Waals surface area contributed by atoms with E-state index in [4.69, 9.17) is 0 Å². The minimum absolute atomic E-state index is 0.378. The zero-order chi connectivity index (χ0) is 14.4. The maximum atomic E-state index is 12.9. The van der Waals surface area contributed by atoms with Crippen LogP contribution in [0, 0.1) is 18.7 Å². The summed E-state index contributed by atoms with van der Waals surface area (Å²) in [6.45, 7) is 6.20. The van der Waals surface area contributed by atoms with E-state index in [1.807, 2.05) is 13.8 Å². The summed E-state index contributed by atoms with van der Waals surface area (Å²) in [6, 6.07) is 3.97. The van der Waals surface area contributed by atoms with E-state index in [2.05, 4.69) is 10.6 Å². The van der Waals surface area contributed by atoms with E-state index in [9.17, 15) is 14.0 Å². The van der Waals surface area contributed by atoms with Gasteiger partial charge in [0.25, 0.3) is 0 Å². The van der Waals surface area contributed by atoms with Crippen molar-refractivity contribution in [2.45, 2.75) is 27.2 Å². The highest BCUT2D eigenvalue weighted by atomic mass is 19.1. The second-order valence-electron chi connectivity index (χ2n) is 4.85. The summed E-state index contributed by atoms with van der Waals surface area (Å²) in [5.41, 5.74) is 1.01. The van der Waals surface area contributed by atoms with Crippen molar-refractivity contribution in [1.29, 1.82) is 0 Å². The van der Waals surface area contributed by atoms with Gasteiger partial charge in [-0.3, -0.25) is 9.59 Å². The number of hydrogen-bond donors (Lipinski definition) is 2. The van der Waals surface area contributed by atoms with Crippen molar-refractivity contribution >= 4 is 17.5 Å². The van der Waals surface area contributed by atoms with Crippen molar-refractivity contribution < 1.29 is 14.0 Å². The normalized spacial score (nSPS) is 10.4. The third-order valence-electron chi connectivity index (χ3n) is 2.65. The van der Waals surface area contributed by atoms with Crippen molar-refractivity contribution in [2.75, 3.05) is 11.9 Å². The molecular weight excluding hydrogens is 247 g/mol. The molecule has 0 aromatic heterocycles. The number of benzene rings is 1. The fourth-order valence-electron chi connectivity index (χ4n) is 1.50. The Balaban J connectivity index is 2.52. The fourth-order valence-corrected chi connectivity index (χ4v) is 1.50. The van der Waals surface area contributed by atoms with Gasteiger partial charge in [-0.25, -0.2) is 4.39 Å². The van der Waals surface area contributed by atoms with E-state index in [0.717, 1.165) is 6.42 Å². The van der Waals surface area contributed by atoms with Crippen LogP contribution in [0.3, 0.4) is 0 Å². The highest BCUT2D eigenvalue weighted by Gasteiger charge is 2.14. The van der Waals surface area contributed by atoms with Gasteiger partial charge in [0, 0.05) is 12.2 Å². The second kappa shape index (κ2) is 6.87. The summed E-state index contributed by atoms with van der Waals surface area (Å²) < 4.78 is 12.9. The summed E-state index contributed by atoms with van der Waals surface area (Å²) in [5.74, 6) is -1.33. The van der Waals surface area contributed by atoms with Gasteiger partial charge in [-0.1, -0.05) is 13.8 Å². The van der Waals surface area contributed by atoms with Crippen molar-refractivity contribution in [2.24, 2.45) is 5.92 Å². The molecular formula is C14H19FN2O2. The van der Waals surface area contributed by atoms with Gasteiger partial charge < -0.3 is 10.6 Å². The Kier molecular flexibility index (Phi) is 5.48. The molecule has 0 unspecified atom stereocenters. The van der Waals surface area contributed by atoms with E-state index in [1.54, 1.807) is 6.92 Å². The number of hydrogen-bond acceptors (Lipinski definition) is 2. The molecule has 5 heteroatoms. The monoisotopic (exact) mass is 266 g/mol. The summed E-state index contributed by atoms with van der Waals surface area (Å²) >= 11 is 0. The molecule has 0 saturated heterocycles. The molecule has 0 radical (unpaired) electrons. The predicted molar refractivity (Wildman–Crippen MR) is 72.2 cm³/mol. The molecule has 0 fully saturated rings. The number of anilines is 1. The molecule has 1 aromatic carbocycles. The maximum Gasteiger partial charge on any atom is 0.313 e. The zero-order valence-electron chi connectivity index (χ0n) is 11.4. The smallest absolute Gasteiger partial charge is 0.313 e. The van der Waals surface area contributed by atoms with E-state index < -0.39 is 11.8 Å². The molecule has 2 N–H and O–H groups in total. The van der Waals surface area contributed by atoms with Gasteiger partial charge in [0.15, 0.2) is 0 Å². The van der Waals surface area contributed by atoms with E-state index in [1.165, 1.54) is 18.2 Å². The molecule has 0 atom stereocenters. The Hall–Kier alpha value is -1.91. The Labute approximate surface area is 112 Å². The SMILES string of the molecule is Cc1cc(F)ccc1NC(=O)C(=O)NCCC(C)C. The molecule has 2 amide bonds. The van der Waals surface area contributed by atoms with Gasteiger partial charge in [0.05, 0.1) is 0 Å². The molecule has 0 aliphatic heterocycles. The van der Waals surface area contributed by atoms with Crippen molar-refractivity contribution in [3.63, 3.8) is 0 Å². The van der Waals surface area contributed by atoms with E-state index >= 15 is 0 Å². The van der Waals surface area contributed by atoms with Gasteiger partial charge in [0.2, 0.25) is 0 Å². The standard InChI is InChI=1S/C14H19FN2O2/c1-9(2)6-7-16-13(18)14(19)17-12-5-4-11(15)8-10(12)3/h4-5,8-9H,6-7H2,1-3H3,(H,16,18)(H,17,19). The first kappa shape index (κ1) is 15.1. The second-order valence-corrected chi connectivity index (χ2v) is 4.85. The first-order chi connectivity index (χ1) is 8.90. The van der Waals surface area contributed by atoms with Crippen LogP contribution in [0.1, 0.15) is 25.8 Å². The van der Waals surface area contributed by atoms with Crippen LogP contribution in [-0.4, -0.2) is 18.4 Å². The number of nitrogens with one attached hydrogen (secondary N) is 2. The molecule has 0 spiro atoms. The minimum Gasteiger partial charge on any atom is -0.348 e. The first-order valence-corrected chi connectivity index (χ1v) is 6.25. The molecule has 1 rings (SSSR count). The summed E-state index contributed by atoms with van der Waals surface area (Å²) in [7, 11) is 0. The lowest BCUT2D eigenvalue weighted by atomic mass is 10.1. The van der Waals surface area contributed by atoms with Crippen LogP contribution in [0.2, 0.25) is 0 Å². The van der Waals surface area contributed by atoms with E-state index in [-0.39, 0.29) is 5.82 Å². The Morgan fingerprint density at radius 1 is 1.26 bits per heavy atom. The summed E-state index contributed by atoms with van der Waals surface area (Å²) in [6.07, 6.45) is 0.814. The average Bonchev–Trinajstić information content (AvgIpc) is 2.32. The summed E-state index contributed by atoms with van der Waals surface area (Å²) in [5, 5.41) is 5.00. The summed E-state index contributed by atoms with van der Waals surface area (Å²) in [4.78, 5) is 23.1. The molecule has 0 aliphatic rings. The van der Waals surface area contributed by atoms with E-state index in [0.29, 0.717) is 23.7 Å². The van der Waals surface area contributed by atoms with Crippen LogP contribution in [0.15, 0.2) is 18.2 Å². The highest BCUT2D eigenvalue weighted by molar-refractivity contribution is 6.39. The lowest BCUT2D eigenvalue weighted by molar-refractivity contribution is -0.136. The van der Waals surface area contributed by atoms with Crippen LogP contribution in [0.5, 0.6) is 0 Å². The van der Waals surface area contributed by atoms with Gasteiger partial charge in [-0.15, -0.1) is 0 Å². The number of halogens is 1. The Morgan fingerprint density at radius 3 is 2.53 bits per heavy atom. The van der Waals surface area contributed by atoms with Crippen LogP contribution >= 0.6 is 0 Å². The third-order valence-corrected chi connectivity index (χ3v) is 2.65. The van der Waals surface area contributed by atoms with Crippen LogP contribution in [0.4, 0.5) is 10.1 Å². The predicted octanol–water partition coefficient (Wildman–Crippen LogP) is 2.23.